The van der Waals surface area contributed by atoms with Gasteiger partial charge in [0.15, 0.2) is 0 Å². The Balaban J connectivity index is 1.47. The molecule has 0 atom stereocenters. The lowest BCUT2D eigenvalue weighted by Crippen LogP contribution is -2.48. The molecule has 0 amide bonds. The molecular weight excluding hydrogens is 354 g/mol. The lowest BCUT2D eigenvalue weighted by atomic mass is 10.0. The van der Waals surface area contributed by atoms with Gasteiger partial charge in [-0.2, -0.15) is 9.29 Å². The maximum absolute atomic E-state index is 12.7. The van der Waals surface area contributed by atoms with Crippen LogP contribution in [0.5, 0.6) is 5.75 Å². The van der Waals surface area contributed by atoms with Crippen molar-refractivity contribution in [3.63, 3.8) is 0 Å². The molecule has 0 N–H and O–H groups in total. The molecule has 1 aliphatic rings. The lowest BCUT2D eigenvalue weighted by Gasteiger charge is -2.35. The number of aromatic nitrogens is 2. The number of nitrogens with zero attached hydrogens (tertiary/aromatic N) is 3. The lowest BCUT2D eigenvalue weighted by molar-refractivity contribution is 0.216. The molecule has 4 rings (SSSR count). The van der Waals surface area contributed by atoms with Crippen LogP contribution in [0, 0.1) is 0 Å². The van der Waals surface area contributed by atoms with Crippen molar-refractivity contribution < 1.29 is 17.7 Å². The van der Waals surface area contributed by atoms with Gasteiger partial charge in [0.25, 0.3) is 0 Å². The molecule has 0 unspecified atom stereocenters. The van der Waals surface area contributed by atoms with Crippen molar-refractivity contribution in [3.05, 3.63) is 60.5 Å². The molecule has 2 aromatic carbocycles. The molecule has 134 valence electrons. The number of rotatable bonds is 5. The summed E-state index contributed by atoms with van der Waals surface area (Å²) in [5.41, 5.74) is 0.864. The second-order valence-corrected chi connectivity index (χ2v) is 7.96. The van der Waals surface area contributed by atoms with E-state index in [1.54, 1.807) is 18.2 Å². The van der Waals surface area contributed by atoms with E-state index in [0.717, 1.165) is 5.56 Å². The summed E-state index contributed by atoms with van der Waals surface area (Å²) in [6.07, 6.45) is 0. The Morgan fingerprint density at radius 1 is 1.12 bits per heavy atom. The molecule has 0 bridgehead atoms. The van der Waals surface area contributed by atoms with Gasteiger partial charge in [0.2, 0.25) is 21.7 Å². The number of benzene rings is 2. The van der Waals surface area contributed by atoms with Crippen LogP contribution in [0.3, 0.4) is 0 Å². The highest BCUT2D eigenvalue weighted by atomic mass is 32.2. The number of ether oxygens (including phenoxy) is 1. The van der Waals surface area contributed by atoms with Crippen LogP contribution in [0.2, 0.25) is 0 Å². The van der Waals surface area contributed by atoms with Crippen LogP contribution in [0.1, 0.15) is 11.8 Å². The summed E-state index contributed by atoms with van der Waals surface area (Å²) in [5, 5.41) is 3.99. The van der Waals surface area contributed by atoms with Crippen molar-refractivity contribution >= 4 is 10.0 Å². The standard InChI is InChI=1S/C18H17N3O4S/c1-24-15-8-5-9-16(10-15)26(22,23)21-11-14(12-21)18-19-17(20-25-18)13-6-3-2-4-7-13/h2-10,14H,11-12H2,1H3. The maximum Gasteiger partial charge on any atom is 0.243 e. The first-order valence-electron chi connectivity index (χ1n) is 8.11. The van der Waals surface area contributed by atoms with E-state index in [9.17, 15) is 8.42 Å². The van der Waals surface area contributed by atoms with Crippen LogP contribution in [-0.4, -0.2) is 43.1 Å². The minimum absolute atomic E-state index is 0.0969. The third kappa shape index (κ3) is 2.97. The SMILES string of the molecule is COc1cccc(S(=O)(=O)N2CC(c3nc(-c4ccccc4)no3)C2)c1. The van der Waals surface area contributed by atoms with E-state index in [1.807, 2.05) is 30.3 Å². The van der Waals surface area contributed by atoms with Crippen LogP contribution >= 0.6 is 0 Å². The zero-order chi connectivity index (χ0) is 18.1. The quantitative estimate of drug-likeness (QED) is 0.685. The van der Waals surface area contributed by atoms with E-state index in [-0.39, 0.29) is 10.8 Å². The fourth-order valence-electron chi connectivity index (χ4n) is 2.81. The van der Waals surface area contributed by atoms with E-state index >= 15 is 0 Å². The zero-order valence-electron chi connectivity index (χ0n) is 14.1. The molecule has 0 radical (unpaired) electrons. The summed E-state index contributed by atoms with van der Waals surface area (Å²) in [5.74, 6) is 1.38. The summed E-state index contributed by atoms with van der Waals surface area (Å²) in [7, 11) is -2.05. The van der Waals surface area contributed by atoms with Gasteiger partial charge in [-0.3, -0.25) is 0 Å². The Labute approximate surface area is 151 Å². The Kier molecular flexibility index (Phi) is 4.21. The number of methoxy groups -OCH3 is 1. The van der Waals surface area contributed by atoms with Gasteiger partial charge in [-0.25, -0.2) is 8.42 Å². The van der Waals surface area contributed by atoms with Crippen molar-refractivity contribution in [2.75, 3.05) is 20.2 Å². The third-order valence-electron chi connectivity index (χ3n) is 4.35. The van der Waals surface area contributed by atoms with E-state index in [0.29, 0.717) is 30.6 Å². The minimum atomic E-state index is -3.56. The highest BCUT2D eigenvalue weighted by Gasteiger charge is 2.40. The summed E-state index contributed by atoms with van der Waals surface area (Å²) < 4.78 is 37.2. The van der Waals surface area contributed by atoms with Crippen molar-refractivity contribution in [2.45, 2.75) is 10.8 Å². The number of sulfonamides is 1. The van der Waals surface area contributed by atoms with Crippen LogP contribution in [0.25, 0.3) is 11.4 Å². The molecule has 1 saturated heterocycles. The number of hydrogen-bond acceptors (Lipinski definition) is 6. The average Bonchev–Trinajstić information content (AvgIpc) is 3.10. The molecule has 1 fully saturated rings. The van der Waals surface area contributed by atoms with Crippen LogP contribution in [0.15, 0.2) is 64.0 Å². The first-order chi connectivity index (χ1) is 12.6. The minimum Gasteiger partial charge on any atom is -0.497 e. The summed E-state index contributed by atoms with van der Waals surface area (Å²) in [6.45, 7) is 0.631. The summed E-state index contributed by atoms with van der Waals surface area (Å²) in [6, 6.07) is 16.0. The highest BCUT2D eigenvalue weighted by molar-refractivity contribution is 7.89. The van der Waals surface area contributed by atoms with E-state index < -0.39 is 10.0 Å². The van der Waals surface area contributed by atoms with Gasteiger partial charge in [0.1, 0.15) is 5.75 Å². The number of hydrogen-bond donors (Lipinski definition) is 0. The van der Waals surface area contributed by atoms with E-state index in [2.05, 4.69) is 10.1 Å². The summed E-state index contributed by atoms with van der Waals surface area (Å²) >= 11 is 0. The fourth-order valence-corrected chi connectivity index (χ4v) is 4.37. The Bertz CT molecular complexity index is 1010. The van der Waals surface area contributed by atoms with Crippen LogP contribution < -0.4 is 4.74 Å². The second-order valence-electron chi connectivity index (χ2n) is 6.02. The van der Waals surface area contributed by atoms with Gasteiger partial charge in [-0.15, -0.1) is 0 Å². The second kappa shape index (κ2) is 6.54. The van der Waals surface area contributed by atoms with E-state index in [1.165, 1.54) is 17.5 Å². The molecule has 1 aliphatic heterocycles. The molecule has 0 spiro atoms. The van der Waals surface area contributed by atoms with E-state index in [4.69, 9.17) is 9.26 Å². The zero-order valence-corrected chi connectivity index (χ0v) is 14.9. The average molecular weight is 371 g/mol. The van der Waals surface area contributed by atoms with Gasteiger partial charge < -0.3 is 9.26 Å². The van der Waals surface area contributed by atoms with Crippen LogP contribution in [0.4, 0.5) is 0 Å². The summed E-state index contributed by atoms with van der Waals surface area (Å²) in [4.78, 5) is 4.61. The molecule has 0 aliphatic carbocycles. The predicted octanol–water partition coefficient (Wildman–Crippen LogP) is 2.53. The van der Waals surface area contributed by atoms with Crippen molar-refractivity contribution in [2.24, 2.45) is 0 Å². The molecular formula is C18H17N3O4S. The van der Waals surface area contributed by atoms with Crippen LogP contribution in [-0.2, 0) is 10.0 Å². The fraction of sp³-hybridized carbons (Fsp3) is 0.222. The van der Waals surface area contributed by atoms with Gasteiger partial charge in [-0.05, 0) is 12.1 Å². The van der Waals surface area contributed by atoms with Gasteiger partial charge in [-0.1, -0.05) is 41.6 Å². The largest absolute Gasteiger partial charge is 0.497 e. The molecule has 26 heavy (non-hydrogen) atoms. The third-order valence-corrected chi connectivity index (χ3v) is 6.18. The topological polar surface area (TPSA) is 85.5 Å². The van der Waals surface area contributed by atoms with Crippen molar-refractivity contribution in [1.29, 1.82) is 0 Å². The Morgan fingerprint density at radius 3 is 2.62 bits per heavy atom. The Morgan fingerprint density at radius 2 is 1.88 bits per heavy atom. The first kappa shape index (κ1) is 16.7. The van der Waals surface area contributed by atoms with Gasteiger partial charge >= 0.3 is 0 Å². The first-order valence-corrected chi connectivity index (χ1v) is 9.55. The molecule has 2 heterocycles. The molecule has 0 saturated carbocycles. The molecule has 8 heteroatoms. The molecule has 3 aromatic rings. The maximum atomic E-state index is 12.7. The normalized spacial score (nSPS) is 15.6. The molecule has 7 nitrogen and oxygen atoms in total. The Hall–Kier alpha value is -2.71. The van der Waals surface area contributed by atoms with Gasteiger partial charge in [0.05, 0.1) is 17.9 Å². The monoisotopic (exact) mass is 371 g/mol. The van der Waals surface area contributed by atoms with Crippen molar-refractivity contribution in [1.82, 2.24) is 14.4 Å². The smallest absolute Gasteiger partial charge is 0.243 e. The van der Waals surface area contributed by atoms with Gasteiger partial charge in [0, 0.05) is 24.7 Å². The highest BCUT2D eigenvalue weighted by Crippen LogP contribution is 2.32. The van der Waals surface area contributed by atoms with Crippen molar-refractivity contribution in [3.8, 4) is 17.1 Å². The predicted molar refractivity (Wildman–Crippen MR) is 94.2 cm³/mol. The molecule has 1 aromatic heterocycles.